The Labute approximate surface area is 180 Å². The molecule has 2 aromatic carbocycles. The van der Waals surface area contributed by atoms with Crippen LogP contribution in [0.2, 0.25) is 5.02 Å². The van der Waals surface area contributed by atoms with E-state index >= 15 is 0 Å². The van der Waals surface area contributed by atoms with Crippen LogP contribution in [0.1, 0.15) is 27.2 Å². The third-order valence-corrected chi connectivity index (χ3v) is 5.04. The topological polar surface area (TPSA) is 59.3 Å². The number of amides is 1. The Kier molecular flexibility index (Phi) is 5.18. The number of carbonyl (C=O) groups is 1. The Balaban J connectivity index is 1.85. The summed E-state index contributed by atoms with van der Waals surface area (Å²) in [5, 5.41) is 6.87. The van der Waals surface area contributed by atoms with Crippen molar-refractivity contribution in [1.29, 1.82) is 0 Å². The predicted octanol–water partition coefficient (Wildman–Crippen LogP) is 5.94. The number of hydrogen-bond acceptors (Lipinski definition) is 3. The quantitative estimate of drug-likeness (QED) is 0.425. The van der Waals surface area contributed by atoms with Crippen molar-refractivity contribution < 1.29 is 18.0 Å². The molecule has 0 aliphatic rings. The zero-order valence-corrected chi connectivity index (χ0v) is 17.2. The summed E-state index contributed by atoms with van der Waals surface area (Å²) in [5.41, 5.74) is 1.45. The van der Waals surface area contributed by atoms with Gasteiger partial charge in [-0.3, -0.25) is 4.79 Å². The van der Waals surface area contributed by atoms with Crippen molar-refractivity contribution in [2.24, 2.45) is 0 Å². The molecular weight excluding hydrogens is 429 g/mol. The molecule has 1 amide bonds. The monoisotopic (exact) mass is 444 g/mol. The highest BCUT2D eigenvalue weighted by molar-refractivity contribution is 6.31. The summed E-state index contributed by atoms with van der Waals surface area (Å²) in [6.07, 6.45) is -3.62. The summed E-state index contributed by atoms with van der Waals surface area (Å²) in [6, 6.07) is 12.8. The normalized spacial score (nSPS) is 11.7. The Hall–Kier alpha value is -3.39. The minimum absolute atomic E-state index is 0.0844. The summed E-state index contributed by atoms with van der Waals surface area (Å²) in [7, 11) is 0. The molecule has 0 spiro atoms. The molecule has 158 valence electrons. The lowest BCUT2D eigenvalue weighted by Gasteiger charge is -2.12. The second-order valence-corrected chi connectivity index (χ2v) is 7.53. The summed E-state index contributed by atoms with van der Waals surface area (Å²) in [4.78, 5) is 17.2. The van der Waals surface area contributed by atoms with Crippen molar-refractivity contribution in [1.82, 2.24) is 14.6 Å². The lowest BCUT2D eigenvalue weighted by atomic mass is 10.1. The fourth-order valence-corrected chi connectivity index (χ4v) is 3.29. The molecule has 9 heteroatoms. The first-order valence-corrected chi connectivity index (χ1v) is 9.62. The number of halogens is 4. The molecule has 0 fully saturated rings. The van der Waals surface area contributed by atoms with Gasteiger partial charge in [0.05, 0.1) is 11.9 Å². The number of alkyl halides is 3. The van der Waals surface area contributed by atoms with Gasteiger partial charge in [0.2, 0.25) is 0 Å². The molecule has 4 rings (SSSR count). The van der Waals surface area contributed by atoms with E-state index in [0.29, 0.717) is 20.8 Å². The van der Waals surface area contributed by atoms with Gasteiger partial charge in [-0.1, -0.05) is 47.5 Å². The largest absolute Gasteiger partial charge is 0.433 e. The van der Waals surface area contributed by atoms with E-state index in [-0.39, 0.29) is 16.9 Å². The van der Waals surface area contributed by atoms with Gasteiger partial charge < -0.3 is 5.32 Å². The van der Waals surface area contributed by atoms with Crippen molar-refractivity contribution in [3.63, 3.8) is 0 Å². The molecule has 0 aliphatic carbocycles. The van der Waals surface area contributed by atoms with Crippen LogP contribution in [0.15, 0.2) is 54.7 Å². The van der Waals surface area contributed by atoms with Gasteiger partial charge >= 0.3 is 6.18 Å². The number of aromatic nitrogens is 3. The molecule has 5 nitrogen and oxygen atoms in total. The second-order valence-electron chi connectivity index (χ2n) is 7.10. The zero-order valence-electron chi connectivity index (χ0n) is 16.5. The Morgan fingerprint density at radius 3 is 2.45 bits per heavy atom. The van der Waals surface area contributed by atoms with Gasteiger partial charge in [0, 0.05) is 16.3 Å². The standard InChI is InChI=1S/C22H16ClF3N4O/c1-12-3-6-14(7-4-12)18-10-19(22(24,25)26)30-20(28-18)16(11-27-30)21(31)29-17-9-15(23)8-5-13(17)2/h3-11H,1-2H3,(H,29,31). The van der Waals surface area contributed by atoms with E-state index < -0.39 is 17.8 Å². The number of rotatable bonds is 3. The Morgan fingerprint density at radius 2 is 1.77 bits per heavy atom. The number of aryl methyl sites for hydroxylation is 2. The maximum absolute atomic E-state index is 13.7. The highest BCUT2D eigenvalue weighted by atomic mass is 35.5. The minimum Gasteiger partial charge on any atom is -0.322 e. The van der Waals surface area contributed by atoms with E-state index in [1.807, 2.05) is 6.92 Å². The lowest BCUT2D eigenvalue weighted by Crippen LogP contribution is -2.16. The zero-order chi connectivity index (χ0) is 22.3. The highest BCUT2D eigenvalue weighted by Crippen LogP contribution is 2.33. The highest BCUT2D eigenvalue weighted by Gasteiger charge is 2.36. The van der Waals surface area contributed by atoms with Crippen molar-refractivity contribution in [2.45, 2.75) is 20.0 Å². The molecule has 0 saturated carbocycles. The second kappa shape index (κ2) is 7.70. The summed E-state index contributed by atoms with van der Waals surface area (Å²) >= 11 is 5.99. The van der Waals surface area contributed by atoms with Gasteiger partial charge in [0.25, 0.3) is 5.91 Å². The third-order valence-electron chi connectivity index (χ3n) is 4.80. The average molecular weight is 445 g/mol. The molecule has 0 unspecified atom stereocenters. The van der Waals surface area contributed by atoms with Gasteiger partial charge in [-0.05, 0) is 37.6 Å². The number of carbonyl (C=O) groups excluding carboxylic acids is 1. The van der Waals surface area contributed by atoms with Gasteiger partial charge in [0.15, 0.2) is 11.3 Å². The molecule has 31 heavy (non-hydrogen) atoms. The van der Waals surface area contributed by atoms with Crippen LogP contribution in [0.5, 0.6) is 0 Å². The van der Waals surface area contributed by atoms with Gasteiger partial charge in [-0.2, -0.15) is 18.3 Å². The van der Waals surface area contributed by atoms with E-state index in [2.05, 4.69) is 15.4 Å². The predicted molar refractivity (Wildman–Crippen MR) is 112 cm³/mol. The number of benzene rings is 2. The minimum atomic E-state index is -4.69. The molecule has 0 aliphatic heterocycles. The van der Waals surface area contributed by atoms with E-state index in [4.69, 9.17) is 11.6 Å². The Morgan fingerprint density at radius 1 is 1.06 bits per heavy atom. The first-order chi connectivity index (χ1) is 14.6. The van der Waals surface area contributed by atoms with Crippen LogP contribution >= 0.6 is 11.6 Å². The number of nitrogens with zero attached hydrogens (tertiary/aromatic N) is 3. The number of anilines is 1. The molecule has 2 heterocycles. The van der Waals surface area contributed by atoms with E-state index in [0.717, 1.165) is 23.4 Å². The van der Waals surface area contributed by atoms with Crippen molar-refractivity contribution in [3.05, 3.63) is 82.1 Å². The average Bonchev–Trinajstić information content (AvgIpc) is 3.14. The van der Waals surface area contributed by atoms with Crippen LogP contribution in [0, 0.1) is 13.8 Å². The first-order valence-electron chi connectivity index (χ1n) is 9.24. The molecular formula is C22H16ClF3N4O. The fourth-order valence-electron chi connectivity index (χ4n) is 3.12. The van der Waals surface area contributed by atoms with Crippen LogP contribution in [0.25, 0.3) is 16.9 Å². The van der Waals surface area contributed by atoms with Crippen LogP contribution in [0.4, 0.5) is 18.9 Å². The molecule has 0 saturated heterocycles. The van der Waals surface area contributed by atoms with Crippen LogP contribution in [-0.2, 0) is 6.18 Å². The van der Waals surface area contributed by atoms with E-state index in [1.165, 1.54) is 0 Å². The first kappa shape index (κ1) is 20.9. The molecule has 1 N–H and O–H groups in total. The van der Waals surface area contributed by atoms with Crippen molar-refractivity contribution in [2.75, 3.05) is 5.32 Å². The lowest BCUT2D eigenvalue weighted by molar-refractivity contribution is -0.142. The number of hydrogen-bond donors (Lipinski definition) is 1. The maximum atomic E-state index is 13.7. The SMILES string of the molecule is Cc1ccc(-c2cc(C(F)(F)F)n3ncc(C(=O)Nc4cc(Cl)ccc4C)c3n2)cc1. The summed E-state index contributed by atoms with van der Waals surface area (Å²) < 4.78 is 41.8. The molecule has 4 aromatic rings. The molecule has 0 atom stereocenters. The number of fused-ring (bicyclic) bond motifs is 1. The summed E-state index contributed by atoms with van der Waals surface area (Å²) in [6.45, 7) is 3.65. The third kappa shape index (κ3) is 4.11. The maximum Gasteiger partial charge on any atom is 0.433 e. The molecule has 2 aromatic heterocycles. The van der Waals surface area contributed by atoms with E-state index in [9.17, 15) is 18.0 Å². The molecule has 0 bridgehead atoms. The van der Waals surface area contributed by atoms with Crippen LogP contribution in [-0.4, -0.2) is 20.5 Å². The van der Waals surface area contributed by atoms with Crippen LogP contribution in [0.3, 0.4) is 0 Å². The van der Waals surface area contributed by atoms with Crippen molar-refractivity contribution >= 4 is 28.8 Å². The fraction of sp³-hybridized carbons (Fsp3) is 0.136. The van der Waals surface area contributed by atoms with Gasteiger partial charge in [-0.25, -0.2) is 9.50 Å². The molecule has 0 radical (unpaired) electrons. The van der Waals surface area contributed by atoms with Crippen molar-refractivity contribution in [3.8, 4) is 11.3 Å². The summed E-state index contributed by atoms with van der Waals surface area (Å²) in [5.74, 6) is -0.637. The van der Waals surface area contributed by atoms with Gasteiger partial charge in [-0.15, -0.1) is 0 Å². The Bertz CT molecular complexity index is 1300. The van der Waals surface area contributed by atoms with Gasteiger partial charge in [0.1, 0.15) is 5.56 Å². The smallest absolute Gasteiger partial charge is 0.322 e. The van der Waals surface area contributed by atoms with E-state index in [1.54, 1.807) is 49.4 Å². The van der Waals surface area contributed by atoms with Crippen LogP contribution < -0.4 is 5.32 Å². The number of nitrogens with one attached hydrogen (secondary N) is 1.